The summed E-state index contributed by atoms with van der Waals surface area (Å²) in [5.74, 6) is 0. The molecule has 1 fully saturated rings. The van der Waals surface area contributed by atoms with Crippen molar-refractivity contribution in [2.75, 3.05) is 38.1 Å². The molecule has 16 heavy (non-hydrogen) atoms. The van der Waals surface area contributed by atoms with Gasteiger partial charge in [0.2, 0.25) is 0 Å². The number of likely N-dealkylation sites (N-methyl/N-ethyl adjacent to an activating group) is 1. The Bertz CT molecular complexity index is 341. The van der Waals surface area contributed by atoms with Crippen LogP contribution in [0.2, 0.25) is 0 Å². The molecule has 1 unspecified atom stereocenters. The lowest BCUT2D eigenvalue weighted by molar-refractivity contribution is 0.312. The number of hydrogen-bond donors (Lipinski definition) is 1. The molecule has 0 radical (unpaired) electrons. The van der Waals surface area contributed by atoms with Gasteiger partial charge < -0.3 is 15.5 Å². The fraction of sp³-hybridized carbons (Fsp3) is 0.538. The molecule has 1 atom stereocenters. The molecule has 0 aliphatic carbocycles. The van der Waals surface area contributed by atoms with E-state index < -0.39 is 0 Å². The minimum Gasteiger partial charge on any atom is -0.369 e. The first-order valence-electron chi connectivity index (χ1n) is 5.96. The highest BCUT2D eigenvalue weighted by Gasteiger charge is 2.17. The number of rotatable bonds is 2. The lowest BCUT2D eigenvalue weighted by Crippen LogP contribution is -2.45. The first-order chi connectivity index (χ1) is 7.68. The smallest absolute Gasteiger partial charge is 0.0415 e. The molecule has 0 amide bonds. The van der Waals surface area contributed by atoms with Gasteiger partial charge in [-0.05, 0) is 25.6 Å². The third-order valence-corrected chi connectivity index (χ3v) is 3.27. The van der Waals surface area contributed by atoms with Crippen molar-refractivity contribution >= 4 is 5.69 Å². The Morgan fingerprint density at radius 2 is 1.75 bits per heavy atom. The van der Waals surface area contributed by atoms with Crippen molar-refractivity contribution in [3.8, 4) is 0 Å². The highest BCUT2D eigenvalue weighted by atomic mass is 15.2. The summed E-state index contributed by atoms with van der Waals surface area (Å²) in [6, 6.07) is 8.59. The molecule has 1 aromatic rings. The number of para-hydroxylation sites is 1. The number of nitrogens with two attached hydrogens (primary N) is 1. The maximum Gasteiger partial charge on any atom is 0.0415 e. The lowest BCUT2D eigenvalue weighted by Gasteiger charge is -2.35. The van der Waals surface area contributed by atoms with Gasteiger partial charge in [0.05, 0.1) is 0 Å². The Hall–Kier alpha value is -1.06. The minimum absolute atomic E-state index is 0.107. The van der Waals surface area contributed by atoms with Crippen molar-refractivity contribution in [1.82, 2.24) is 4.90 Å². The molecule has 88 valence electrons. The Morgan fingerprint density at radius 1 is 1.12 bits per heavy atom. The molecule has 2 N–H and O–H groups in total. The zero-order chi connectivity index (χ0) is 11.5. The normalized spacial score (nSPS) is 19.8. The van der Waals surface area contributed by atoms with E-state index in [9.17, 15) is 0 Å². The molecule has 1 aliphatic rings. The van der Waals surface area contributed by atoms with Gasteiger partial charge in [-0.25, -0.2) is 0 Å². The van der Waals surface area contributed by atoms with Crippen LogP contribution in [0.15, 0.2) is 24.3 Å². The molecule has 0 saturated carbocycles. The van der Waals surface area contributed by atoms with Gasteiger partial charge in [-0.1, -0.05) is 18.2 Å². The van der Waals surface area contributed by atoms with Crippen molar-refractivity contribution < 1.29 is 0 Å². The number of piperazine rings is 1. The van der Waals surface area contributed by atoms with Gasteiger partial charge in [0.1, 0.15) is 0 Å². The summed E-state index contributed by atoms with van der Waals surface area (Å²) in [4.78, 5) is 4.81. The highest BCUT2D eigenvalue weighted by Crippen LogP contribution is 2.25. The van der Waals surface area contributed by atoms with E-state index in [2.05, 4.69) is 48.0 Å². The summed E-state index contributed by atoms with van der Waals surface area (Å²) in [6.07, 6.45) is 0. The Morgan fingerprint density at radius 3 is 2.38 bits per heavy atom. The van der Waals surface area contributed by atoms with Crippen molar-refractivity contribution in [2.45, 2.75) is 13.0 Å². The van der Waals surface area contributed by atoms with E-state index in [-0.39, 0.29) is 6.04 Å². The topological polar surface area (TPSA) is 32.5 Å². The van der Waals surface area contributed by atoms with Crippen molar-refractivity contribution in [2.24, 2.45) is 5.73 Å². The predicted octanol–water partition coefficient (Wildman–Crippen LogP) is 1.46. The molecule has 2 rings (SSSR count). The third kappa shape index (κ3) is 2.36. The Kier molecular flexibility index (Phi) is 3.46. The van der Waals surface area contributed by atoms with Gasteiger partial charge in [0, 0.05) is 37.9 Å². The molecule has 3 nitrogen and oxygen atoms in total. The average Bonchev–Trinajstić information content (AvgIpc) is 2.30. The van der Waals surface area contributed by atoms with Crippen LogP contribution in [-0.2, 0) is 0 Å². The first kappa shape index (κ1) is 11.4. The SMILES string of the molecule is CC(N)c1ccccc1N1CCN(C)CC1. The van der Waals surface area contributed by atoms with Crippen LogP contribution in [0.4, 0.5) is 5.69 Å². The van der Waals surface area contributed by atoms with E-state index in [0.717, 1.165) is 26.2 Å². The van der Waals surface area contributed by atoms with Crippen LogP contribution in [0.5, 0.6) is 0 Å². The van der Waals surface area contributed by atoms with Crippen LogP contribution >= 0.6 is 0 Å². The molecule has 1 aromatic carbocycles. The van der Waals surface area contributed by atoms with Gasteiger partial charge in [-0.2, -0.15) is 0 Å². The number of anilines is 1. The molecule has 1 aliphatic heterocycles. The van der Waals surface area contributed by atoms with Crippen LogP contribution < -0.4 is 10.6 Å². The van der Waals surface area contributed by atoms with Crippen molar-refractivity contribution in [1.29, 1.82) is 0 Å². The fourth-order valence-corrected chi connectivity index (χ4v) is 2.21. The quantitative estimate of drug-likeness (QED) is 0.817. The zero-order valence-electron chi connectivity index (χ0n) is 10.2. The van der Waals surface area contributed by atoms with Gasteiger partial charge in [-0.3, -0.25) is 0 Å². The van der Waals surface area contributed by atoms with E-state index in [1.54, 1.807) is 0 Å². The Balaban J connectivity index is 2.19. The van der Waals surface area contributed by atoms with Crippen molar-refractivity contribution in [3.05, 3.63) is 29.8 Å². The highest BCUT2D eigenvalue weighted by molar-refractivity contribution is 5.55. The van der Waals surface area contributed by atoms with Gasteiger partial charge in [0.25, 0.3) is 0 Å². The molecule has 0 aromatic heterocycles. The van der Waals surface area contributed by atoms with Crippen LogP contribution in [0.3, 0.4) is 0 Å². The van der Waals surface area contributed by atoms with E-state index in [0.29, 0.717) is 0 Å². The second-order valence-electron chi connectivity index (χ2n) is 4.64. The summed E-state index contributed by atoms with van der Waals surface area (Å²) < 4.78 is 0. The van der Waals surface area contributed by atoms with Gasteiger partial charge in [-0.15, -0.1) is 0 Å². The standard InChI is InChI=1S/C13H21N3/c1-11(14)12-5-3-4-6-13(12)16-9-7-15(2)8-10-16/h3-6,11H,7-10,14H2,1-2H3. The summed E-state index contributed by atoms with van der Waals surface area (Å²) in [5, 5.41) is 0. The summed E-state index contributed by atoms with van der Waals surface area (Å²) in [7, 11) is 2.18. The lowest BCUT2D eigenvalue weighted by atomic mass is 10.1. The van der Waals surface area contributed by atoms with E-state index >= 15 is 0 Å². The maximum absolute atomic E-state index is 6.01. The summed E-state index contributed by atoms with van der Waals surface area (Å²) in [6.45, 7) is 6.51. The van der Waals surface area contributed by atoms with Crippen LogP contribution in [0, 0.1) is 0 Å². The molecule has 1 heterocycles. The van der Waals surface area contributed by atoms with Gasteiger partial charge >= 0.3 is 0 Å². The minimum atomic E-state index is 0.107. The number of benzene rings is 1. The average molecular weight is 219 g/mol. The fourth-order valence-electron chi connectivity index (χ4n) is 2.21. The molecule has 0 spiro atoms. The van der Waals surface area contributed by atoms with Crippen LogP contribution in [0.25, 0.3) is 0 Å². The second-order valence-corrected chi connectivity index (χ2v) is 4.64. The van der Waals surface area contributed by atoms with Crippen molar-refractivity contribution in [3.63, 3.8) is 0 Å². The monoisotopic (exact) mass is 219 g/mol. The van der Waals surface area contributed by atoms with Crippen LogP contribution in [-0.4, -0.2) is 38.1 Å². The summed E-state index contributed by atoms with van der Waals surface area (Å²) in [5.41, 5.74) is 8.58. The van der Waals surface area contributed by atoms with E-state index in [1.807, 2.05) is 0 Å². The second kappa shape index (κ2) is 4.85. The zero-order valence-corrected chi connectivity index (χ0v) is 10.2. The van der Waals surface area contributed by atoms with Gasteiger partial charge in [0.15, 0.2) is 0 Å². The third-order valence-electron chi connectivity index (χ3n) is 3.27. The predicted molar refractivity (Wildman–Crippen MR) is 68.8 cm³/mol. The first-order valence-corrected chi connectivity index (χ1v) is 5.96. The van der Waals surface area contributed by atoms with Crippen LogP contribution in [0.1, 0.15) is 18.5 Å². The number of nitrogens with zero attached hydrogens (tertiary/aromatic N) is 2. The molecule has 1 saturated heterocycles. The number of hydrogen-bond acceptors (Lipinski definition) is 3. The maximum atomic E-state index is 6.01. The molecule has 3 heteroatoms. The largest absolute Gasteiger partial charge is 0.369 e. The van der Waals surface area contributed by atoms with E-state index in [4.69, 9.17) is 5.73 Å². The Labute approximate surface area is 97.8 Å². The molecular formula is C13H21N3. The molecule has 0 bridgehead atoms. The van der Waals surface area contributed by atoms with E-state index in [1.165, 1.54) is 11.3 Å². The molecular weight excluding hydrogens is 198 g/mol. The summed E-state index contributed by atoms with van der Waals surface area (Å²) >= 11 is 0.